The van der Waals surface area contributed by atoms with Crippen molar-refractivity contribution in [2.75, 3.05) is 20.2 Å². The lowest BCUT2D eigenvalue weighted by Gasteiger charge is -2.28. The standard InChI is InChI=1S/C16H25NO2/c1-11-8-15(19-6)12(2)7-14(11)16(4,5)10-17-9-13(3)18/h7-8,17H,9-10H2,1-6H3. The number of ether oxygens (including phenoxy) is 1. The second-order valence-electron chi connectivity index (χ2n) is 5.83. The van der Waals surface area contributed by atoms with Crippen LogP contribution in [-0.4, -0.2) is 26.0 Å². The predicted octanol–water partition coefficient (Wildman–Crippen LogP) is 2.77. The Morgan fingerprint density at radius 3 is 2.42 bits per heavy atom. The number of rotatable bonds is 6. The lowest BCUT2D eigenvalue weighted by molar-refractivity contribution is -0.116. The first-order valence-electron chi connectivity index (χ1n) is 6.64. The average molecular weight is 263 g/mol. The van der Waals surface area contributed by atoms with Crippen molar-refractivity contribution in [2.45, 2.75) is 40.0 Å². The van der Waals surface area contributed by atoms with Gasteiger partial charge in [0.05, 0.1) is 13.7 Å². The average Bonchev–Trinajstić information content (AvgIpc) is 2.30. The van der Waals surface area contributed by atoms with E-state index in [0.717, 1.165) is 17.9 Å². The maximum Gasteiger partial charge on any atom is 0.143 e. The van der Waals surface area contributed by atoms with Gasteiger partial charge >= 0.3 is 0 Å². The van der Waals surface area contributed by atoms with Crippen molar-refractivity contribution in [3.8, 4) is 5.75 Å². The molecule has 0 bridgehead atoms. The summed E-state index contributed by atoms with van der Waals surface area (Å²) in [6, 6.07) is 4.26. The summed E-state index contributed by atoms with van der Waals surface area (Å²) in [6.45, 7) is 11.3. The van der Waals surface area contributed by atoms with Crippen LogP contribution in [0.25, 0.3) is 0 Å². The van der Waals surface area contributed by atoms with E-state index in [1.807, 2.05) is 0 Å². The molecule has 106 valence electrons. The molecule has 0 radical (unpaired) electrons. The van der Waals surface area contributed by atoms with Gasteiger partial charge in [0.1, 0.15) is 11.5 Å². The Kier molecular flexibility index (Phi) is 5.12. The quantitative estimate of drug-likeness (QED) is 0.857. The number of hydrogen-bond donors (Lipinski definition) is 1. The summed E-state index contributed by atoms with van der Waals surface area (Å²) < 4.78 is 5.35. The molecule has 1 aromatic carbocycles. The highest BCUT2D eigenvalue weighted by Gasteiger charge is 2.23. The predicted molar refractivity (Wildman–Crippen MR) is 79.0 cm³/mol. The van der Waals surface area contributed by atoms with Gasteiger partial charge in [0.25, 0.3) is 0 Å². The fourth-order valence-electron chi connectivity index (χ4n) is 2.38. The Balaban J connectivity index is 2.94. The van der Waals surface area contributed by atoms with E-state index in [2.05, 4.69) is 45.1 Å². The lowest BCUT2D eigenvalue weighted by atomic mass is 9.81. The number of hydrogen-bond acceptors (Lipinski definition) is 3. The molecule has 1 aromatic rings. The molecule has 0 heterocycles. The molecule has 0 amide bonds. The van der Waals surface area contributed by atoms with Crippen LogP contribution in [0.1, 0.15) is 37.5 Å². The van der Waals surface area contributed by atoms with Crippen LogP contribution in [0.3, 0.4) is 0 Å². The maximum atomic E-state index is 11.0. The summed E-state index contributed by atoms with van der Waals surface area (Å²) in [5.74, 6) is 1.09. The Hall–Kier alpha value is -1.35. The molecule has 0 fully saturated rings. The third-order valence-electron chi connectivity index (χ3n) is 3.41. The number of aryl methyl sites for hydroxylation is 2. The van der Waals surface area contributed by atoms with Gasteiger partial charge in [0, 0.05) is 12.0 Å². The molecular weight excluding hydrogens is 238 g/mol. The largest absolute Gasteiger partial charge is 0.496 e. The van der Waals surface area contributed by atoms with Gasteiger partial charge in [-0.3, -0.25) is 4.79 Å². The van der Waals surface area contributed by atoms with E-state index < -0.39 is 0 Å². The molecule has 0 atom stereocenters. The topological polar surface area (TPSA) is 38.3 Å². The van der Waals surface area contributed by atoms with E-state index in [1.165, 1.54) is 11.1 Å². The first-order chi connectivity index (χ1) is 8.77. The van der Waals surface area contributed by atoms with Gasteiger partial charge in [0.15, 0.2) is 0 Å². The second-order valence-corrected chi connectivity index (χ2v) is 5.83. The Morgan fingerprint density at radius 2 is 1.89 bits per heavy atom. The summed E-state index contributed by atoms with van der Waals surface area (Å²) in [7, 11) is 1.70. The van der Waals surface area contributed by atoms with Gasteiger partial charge in [0.2, 0.25) is 0 Å². The minimum absolute atomic E-state index is 0.0173. The molecule has 0 aliphatic heterocycles. The molecule has 3 heteroatoms. The van der Waals surface area contributed by atoms with Crippen molar-refractivity contribution in [3.05, 3.63) is 28.8 Å². The molecule has 1 N–H and O–H groups in total. The SMILES string of the molecule is COc1cc(C)c(C(C)(C)CNCC(C)=O)cc1C. The van der Waals surface area contributed by atoms with Crippen LogP contribution in [0.5, 0.6) is 5.75 Å². The summed E-state index contributed by atoms with van der Waals surface area (Å²) in [5.41, 5.74) is 3.64. The molecule has 3 nitrogen and oxygen atoms in total. The van der Waals surface area contributed by atoms with Crippen LogP contribution >= 0.6 is 0 Å². The molecule has 0 saturated heterocycles. The minimum atomic E-state index is -0.0173. The van der Waals surface area contributed by atoms with Gasteiger partial charge in [-0.2, -0.15) is 0 Å². The van der Waals surface area contributed by atoms with Crippen LogP contribution in [0, 0.1) is 13.8 Å². The first kappa shape index (κ1) is 15.7. The molecule has 0 saturated carbocycles. The number of methoxy groups -OCH3 is 1. The van der Waals surface area contributed by atoms with Crippen LogP contribution in [-0.2, 0) is 10.2 Å². The highest BCUT2D eigenvalue weighted by atomic mass is 16.5. The highest BCUT2D eigenvalue weighted by molar-refractivity contribution is 5.77. The zero-order chi connectivity index (χ0) is 14.6. The van der Waals surface area contributed by atoms with Crippen LogP contribution in [0.2, 0.25) is 0 Å². The zero-order valence-corrected chi connectivity index (χ0v) is 12.9. The fraction of sp³-hybridized carbons (Fsp3) is 0.562. The molecule has 0 aliphatic rings. The Bertz CT molecular complexity index is 464. The van der Waals surface area contributed by atoms with Crippen LogP contribution in [0.15, 0.2) is 12.1 Å². The van der Waals surface area contributed by atoms with Crippen LogP contribution in [0.4, 0.5) is 0 Å². The first-order valence-corrected chi connectivity index (χ1v) is 6.64. The van der Waals surface area contributed by atoms with Crippen molar-refractivity contribution in [2.24, 2.45) is 0 Å². The lowest BCUT2D eigenvalue weighted by Crippen LogP contribution is -2.35. The van der Waals surface area contributed by atoms with E-state index in [0.29, 0.717) is 6.54 Å². The fourth-order valence-corrected chi connectivity index (χ4v) is 2.38. The number of ketones is 1. The minimum Gasteiger partial charge on any atom is -0.496 e. The summed E-state index contributed by atoms with van der Waals surface area (Å²) in [6.07, 6.45) is 0. The number of nitrogens with one attached hydrogen (secondary N) is 1. The number of carbonyl (C=O) groups is 1. The maximum absolute atomic E-state index is 11.0. The summed E-state index contributed by atoms with van der Waals surface area (Å²) >= 11 is 0. The highest BCUT2D eigenvalue weighted by Crippen LogP contribution is 2.31. The van der Waals surface area contributed by atoms with Gasteiger partial charge in [-0.05, 0) is 43.5 Å². The molecule has 0 aromatic heterocycles. The smallest absolute Gasteiger partial charge is 0.143 e. The van der Waals surface area contributed by atoms with E-state index in [4.69, 9.17) is 4.74 Å². The van der Waals surface area contributed by atoms with Crippen molar-refractivity contribution in [1.82, 2.24) is 5.32 Å². The molecular formula is C16H25NO2. The molecule has 1 rings (SSSR count). The van der Waals surface area contributed by atoms with Gasteiger partial charge < -0.3 is 10.1 Å². The van der Waals surface area contributed by atoms with E-state index in [9.17, 15) is 4.79 Å². The zero-order valence-electron chi connectivity index (χ0n) is 12.9. The van der Waals surface area contributed by atoms with Gasteiger partial charge in [-0.15, -0.1) is 0 Å². The van der Waals surface area contributed by atoms with Crippen molar-refractivity contribution in [1.29, 1.82) is 0 Å². The molecule has 19 heavy (non-hydrogen) atoms. The molecule has 0 aliphatic carbocycles. The van der Waals surface area contributed by atoms with E-state index in [1.54, 1.807) is 14.0 Å². The second kappa shape index (κ2) is 6.20. The van der Waals surface area contributed by atoms with Crippen molar-refractivity contribution < 1.29 is 9.53 Å². The van der Waals surface area contributed by atoms with E-state index in [-0.39, 0.29) is 11.2 Å². The monoisotopic (exact) mass is 263 g/mol. The van der Waals surface area contributed by atoms with Gasteiger partial charge in [-0.1, -0.05) is 19.9 Å². The van der Waals surface area contributed by atoms with Crippen LogP contribution < -0.4 is 10.1 Å². The van der Waals surface area contributed by atoms with Crippen molar-refractivity contribution >= 4 is 5.78 Å². The Labute approximate surface area is 116 Å². The number of Topliss-reactive ketones (excluding diaryl/α,β-unsaturated/α-hetero) is 1. The Morgan fingerprint density at radius 1 is 1.26 bits per heavy atom. The third kappa shape index (κ3) is 4.06. The van der Waals surface area contributed by atoms with E-state index >= 15 is 0 Å². The summed E-state index contributed by atoms with van der Waals surface area (Å²) in [4.78, 5) is 11.0. The van der Waals surface area contributed by atoms with Crippen molar-refractivity contribution in [3.63, 3.8) is 0 Å². The molecule has 0 spiro atoms. The van der Waals surface area contributed by atoms with Gasteiger partial charge in [-0.25, -0.2) is 0 Å². The third-order valence-corrected chi connectivity index (χ3v) is 3.41. The number of benzene rings is 1. The summed E-state index contributed by atoms with van der Waals surface area (Å²) in [5, 5.41) is 3.22. The number of carbonyl (C=O) groups excluding carboxylic acids is 1. The normalized spacial score (nSPS) is 11.5. The molecule has 0 unspecified atom stereocenters.